The van der Waals surface area contributed by atoms with Crippen molar-refractivity contribution in [3.05, 3.63) is 119 Å². The second-order valence-electron chi connectivity index (χ2n) is 7.99. The molecule has 1 aromatic heterocycles. The van der Waals surface area contributed by atoms with Crippen LogP contribution in [0.15, 0.2) is 91.1 Å². The van der Waals surface area contributed by atoms with E-state index in [0.29, 0.717) is 18.1 Å². The summed E-state index contributed by atoms with van der Waals surface area (Å²) in [6.45, 7) is 0.849. The van der Waals surface area contributed by atoms with Gasteiger partial charge in [-0.25, -0.2) is 4.79 Å². The zero-order valence-corrected chi connectivity index (χ0v) is 19.0. The van der Waals surface area contributed by atoms with Gasteiger partial charge in [0.15, 0.2) is 0 Å². The number of benzene rings is 3. The number of carbonyl (C=O) groups excluding carboxylic acids is 1. The van der Waals surface area contributed by atoms with E-state index in [1.807, 2.05) is 77.8 Å². The van der Waals surface area contributed by atoms with Crippen molar-refractivity contribution in [2.24, 2.45) is 0 Å². The number of hydrogen-bond acceptors (Lipinski definition) is 2. The molecule has 3 aromatic carbocycles. The molecule has 2 heterocycles. The first kappa shape index (κ1) is 21.2. The van der Waals surface area contributed by atoms with Crippen LogP contribution in [-0.2, 0) is 13.1 Å². The molecule has 1 aliphatic heterocycles. The second-order valence-corrected chi connectivity index (χ2v) is 8.40. The molecule has 1 aliphatic rings. The van der Waals surface area contributed by atoms with Gasteiger partial charge >= 0.3 is 6.03 Å². The number of halogens is 1. The van der Waals surface area contributed by atoms with Crippen molar-refractivity contribution in [1.29, 1.82) is 0 Å². The molecule has 0 saturated heterocycles. The van der Waals surface area contributed by atoms with Gasteiger partial charge in [0.25, 0.3) is 0 Å². The van der Waals surface area contributed by atoms with E-state index in [4.69, 9.17) is 16.3 Å². The molecule has 6 heteroatoms. The lowest BCUT2D eigenvalue weighted by molar-refractivity contribution is 0.180. The normalized spacial score (nSPS) is 14.7. The molecule has 2 amide bonds. The fourth-order valence-corrected chi connectivity index (χ4v) is 4.66. The third-order valence-electron chi connectivity index (χ3n) is 6.00. The van der Waals surface area contributed by atoms with Gasteiger partial charge in [0.1, 0.15) is 11.8 Å². The van der Waals surface area contributed by atoms with E-state index in [9.17, 15) is 4.79 Å². The van der Waals surface area contributed by atoms with E-state index in [1.165, 1.54) is 0 Å². The van der Waals surface area contributed by atoms with Gasteiger partial charge in [0.05, 0.1) is 25.0 Å². The number of urea groups is 1. The Morgan fingerprint density at radius 3 is 2.70 bits per heavy atom. The number of hydrogen-bond donors (Lipinski definition) is 1. The number of fused-ring (bicyclic) bond motifs is 3. The van der Waals surface area contributed by atoms with Gasteiger partial charge in [-0.2, -0.15) is 0 Å². The van der Waals surface area contributed by atoms with Crippen LogP contribution >= 0.6 is 11.6 Å². The summed E-state index contributed by atoms with van der Waals surface area (Å²) < 4.78 is 7.46. The van der Waals surface area contributed by atoms with Gasteiger partial charge < -0.3 is 19.5 Å². The van der Waals surface area contributed by atoms with E-state index in [2.05, 4.69) is 28.1 Å². The van der Waals surface area contributed by atoms with Crippen LogP contribution < -0.4 is 10.1 Å². The molecule has 0 spiro atoms. The molecule has 1 atom stereocenters. The minimum absolute atomic E-state index is 0.160. The Hall–Kier alpha value is -3.70. The Bertz CT molecular complexity index is 1300. The average Bonchev–Trinajstić information content (AvgIpc) is 3.28. The van der Waals surface area contributed by atoms with Crippen LogP contribution in [0.25, 0.3) is 5.69 Å². The SMILES string of the molecule is COc1cccc(CNC(=O)N2Cc3ccccc3-n3cccc3[C@H]2c2ccccc2Cl)c1. The highest BCUT2D eigenvalue weighted by Crippen LogP contribution is 2.39. The highest BCUT2D eigenvalue weighted by atomic mass is 35.5. The van der Waals surface area contributed by atoms with Gasteiger partial charge in [0, 0.05) is 17.8 Å². The molecular formula is C27H24ClN3O2. The predicted octanol–water partition coefficient (Wildman–Crippen LogP) is 5.95. The molecule has 5 rings (SSSR count). The summed E-state index contributed by atoms with van der Waals surface area (Å²) in [5.74, 6) is 0.761. The van der Waals surface area contributed by atoms with Gasteiger partial charge in [-0.3, -0.25) is 0 Å². The molecule has 33 heavy (non-hydrogen) atoms. The number of methoxy groups -OCH3 is 1. The summed E-state index contributed by atoms with van der Waals surface area (Å²) in [5.41, 5.74) is 4.99. The Morgan fingerprint density at radius 2 is 1.85 bits per heavy atom. The van der Waals surface area contributed by atoms with Crippen LogP contribution in [-0.4, -0.2) is 22.6 Å². The molecular weight excluding hydrogens is 434 g/mol. The highest BCUT2D eigenvalue weighted by Gasteiger charge is 2.33. The summed E-state index contributed by atoms with van der Waals surface area (Å²) in [7, 11) is 1.63. The van der Waals surface area contributed by atoms with Gasteiger partial charge in [0.2, 0.25) is 0 Å². The van der Waals surface area contributed by atoms with Crippen LogP contribution in [0.5, 0.6) is 5.75 Å². The van der Waals surface area contributed by atoms with Gasteiger partial charge in [-0.05, 0) is 53.1 Å². The zero-order valence-electron chi connectivity index (χ0n) is 18.2. The van der Waals surface area contributed by atoms with Gasteiger partial charge in [-0.15, -0.1) is 0 Å². The molecule has 1 N–H and O–H groups in total. The van der Waals surface area contributed by atoms with E-state index in [0.717, 1.165) is 33.8 Å². The number of carbonyl (C=O) groups is 1. The molecule has 166 valence electrons. The highest BCUT2D eigenvalue weighted by molar-refractivity contribution is 6.31. The molecule has 0 saturated carbocycles. The summed E-state index contributed by atoms with van der Waals surface area (Å²) in [6.07, 6.45) is 2.04. The molecule has 4 aromatic rings. The standard InChI is InChI=1S/C27H24ClN3O2/c1-33-21-10-6-8-19(16-21)17-29-27(32)31-18-20-9-2-5-13-24(20)30-15-7-14-25(30)26(31)22-11-3-4-12-23(22)28/h2-16,26H,17-18H2,1H3,(H,29,32)/t26-/m1/s1. The van der Waals surface area contributed by atoms with Crippen LogP contribution in [0.4, 0.5) is 4.79 Å². The first-order valence-electron chi connectivity index (χ1n) is 10.8. The summed E-state index contributed by atoms with van der Waals surface area (Å²) >= 11 is 6.65. The van der Waals surface area contributed by atoms with Gasteiger partial charge in [-0.1, -0.05) is 60.1 Å². The van der Waals surface area contributed by atoms with E-state index in [1.54, 1.807) is 7.11 Å². The summed E-state index contributed by atoms with van der Waals surface area (Å²) in [6, 6.07) is 27.2. The van der Waals surface area contributed by atoms with Crippen molar-refractivity contribution in [3.8, 4) is 11.4 Å². The van der Waals surface area contributed by atoms with Crippen molar-refractivity contribution >= 4 is 17.6 Å². The molecule has 0 radical (unpaired) electrons. The first-order valence-corrected chi connectivity index (χ1v) is 11.2. The lowest BCUT2D eigenvalue weighted by Gasteiger charge is -2.31. The topological polar surface area (TPSA) is 46.5 Å². The van der Waals surface area contributed by atoms with Crippen LogP contribution in [0, 0.1) is 0 Å². The van der Waals surface area contributed by atoms with E-state index >= 15 is 0 Å². The maximum atomic E-state index is 13.6. The van der Waals surface area contributed by atoms with Crippen molar-refractivity contribution in [2.45, 2.75) is 19.1 Å². The molecule has 0 bridgehead atoms. The monoisotopic (exact) mass is 457 g/mol. The van der Waals surface area contributed by atoms with Crippen molar-refractivity contribution in [3.63, 3.8) is 0 Å². The maximum Gasteiger partial charge on any atom is 0.318 e. The fourth-order valence-electron chi connectivity index (χ4n) is 4.43. The number of nitrogens with zero attached hydrogens (tertiary/aromatic N) is 2. The molecule has 0 unspecified atom stereocenters. The second kappa shape index (κ2) is 9.04. The summed E-state index contributed by atoms with van der Waals surface area (Å²) in [5, 5.41) is 3.73. The van der Waals surface area contributed by atoms with Crippen LogP contribution in [0.1, 0.15) is 28.4 Å². The third kappa shape index (κ3) is 4.08. The van der Waals surface area contributed by atoms with Crippen molar-refractivity contribution in [1.82, 2.24) is 14.8 Å². The Morgan fingerprint density at radius 1 is 1.03 bits per heavy atom. The average molecular weight is 458 g/mol. The van der Waals surface area contributed by atoms with Crippen LogP contribution in [0.3, 0.4) is 0 Å². The van der Waals surface area contributed by atoms with E-state index < -0.39 is 0 Å². The molecule has 5 nitrogen and oxygen atoms in total. The Kier molecular flexibility index (Phi) is 5.80. The van der Waals surface area contributed by atoms with Crippen LogP contribution in [0.2, 0.25) is 5.02 Å². The number of nitrogens with one attached hydrogen (secondary N) is 1. The predicted molar refractivity (Wildman–Crippen MR) is 130 cm³/mol. The molecule has 0 aliphatic carbocycles. The Balaban J connectivity index is 1.55. The number of rotatable bonds is 4. The van der Waals surface area contributed by atoms with Crippen molar-refractivity contribution in [2.75, 3.05) is 7.11 Å². The quantitative estimate of drug-likeness (QED) is 0.411. The minimum atomic E-state index is -0.341. The van der Waals surface area contributed by atoms with E-state index in [-0.39, 0.29) is 12.1 Å². The number of para-hydroxylation sites is 1. The van der Waals surface area contributed by atoms with Crippen molar-refractivity contribution < 1.29 is 9.53 Å². The lowest BCUT2D eigenvalue weighted by atomic mass is 10.0. The summed E-state index contributed by atoms with van der Waals surface area (Å²) in [4.78, 5) is 15.5. The molecule has 0 fully saturated rings. The largest absolute Gasteiger partial charge is 0.497 e. The maximum absolute atomic E-state index is 13.6. The third-order valence-corrected chi connectivity index (χ3v) is 6.35. The lowest BCUT2D eigenvalue weighted by Crippen LogP contribution is -2.41. The minimum Gasteiger partial charge on any atom is -0.497 e. The zero-order chi connectivity index (χ0) is 22.8. The Labute approximate surface area is 198 Å². The fraction of sp³-hybridized carbons (Fsp3) is 0.148. The smallest absolute Gasteiger partial charge is 0.318 e. The first-order chi connectivity index (χ1) is 16.2. The number of amides is 2. The number of aromatic nitrogens is 1. The number of ether oxygens (including phenoxy) is 1.